The monoisotopic (exact) mass is 226 g/mol. The Morgan fingerprint density at radius 1 is 1.06 bits per heavy atom. The van der Waals surface area contributed by atoms with Gasteiger partial charge in [0.25, 0.3) is 0 Å². The molecule has 0 radical (unpaired) electrons. The molecule has 0 saturated heterocycles. The van der Waals surface area contributed by atoms with Crippen LogP contribution >= 0.6 is 0 Å². The zero-order valence-corrected chi connectivity index (χ0v) is 8.91. The van der Waals surface area contributed by atoms with Crippen molar-refractivity contribution in [2.24, 2.45) is 0 Å². The van der Waals surface area contributed by atoms with Gasteiger partial charge in [0.1, 0.15) is 12.7 Å². The van der Waals surface area contributed by atoms with Gasteiger partial charge < -0.3 is 11.2 Å². The van der Waals surface area contributed by atoms with E-state index in [2.05, 4.69) is 20.3 Å². The Bertz CT molecular complexity index is 645. The van der Waals surface area contributed by atoms with E-state index in [4.69, 9.17) is 5.84 Å². The number of fused-ring (bicyclic) bond motifs is 1. The first kappa shape index (κ1) is 9.59. The Morgan fingerprint density at radius 2 is 1.88 bits per heavy atom. The fourth-order valence-electron chi connectivity index (χ4n) is 1.60. The smallest absolute Gasteiger partial charge is 0.183 e. The number of nitrogens with one attached hydrogen (secondary N) is 1. The molecule has 3 aromatic rings. The molecule has 6 nitrogen and oxygen atoms in total. The summed E-state index contributed by atoms with van der Waals surface area (Å²) >= 11 is 0. The van der Waals surface area contributed by atoms with Gasteiger partial charge in [-0.1, -0.05) is 18.2 Å². The molecule has 0 fully saturated rings. The highest BCUT2D eigenvalue weighted by molar-refractivity contribution is 5.84. The van der Waals surface area contributed by atoms with Crippen molar-refractivity contribution in [2.75, 3.05) is 11.2 Å². The molecule has 84 valence electrons. The van der Waals surface area contributed by atoms with Crippen molar-refractivity contribution < 1.29 is 0 Å². The van der Waals surface area contributed by atoms with Crippen LogP contribution in [-0.4, -0.2) is 19.6 Å². The van der Waals surface area contributed by atoms with E-state index in [1.807, 2.05) is 30.3 Å². The molecule has 2 aromatic heterocycles. The summed E-state index contributed by atoms with van der Waals surface area (Å²) in [4.78, 5) is 12.4. The van der Waals surface area contributed by atoms with E-state index in [-0.39, 0.29) is 0 Å². The van der Waals surface area contributed by atoms with Crippen molar-refractivity contribution in [3.05, 3.63) is 43.0 Å². The lowest BCUT2D eigenvalue weighted by atomic mass is 10.3. The molecule has 3 N–H and O–H groups in total. The second kappa shape index (κ2) is 3.75. The maximum Gasteiger partial charge on any atom is 0.183 e. The summed E-state index contributed by atoms with van der Waals surface area (Å²) < 4.78 is 1.37. The average molecular weight is 226 g/mol. The highest BCUT2D eigenvalue weighted by atomic mass is 15.3. The van der Waals surface area contributed by atoms with E-state index in [1.54, 1.807) is 0 Å². The van der Waals surface area contributed by atoms with Crippen LogP contribution in [0.4, 0.5) is 11.5 Å². The third-order valence-electron chi connectivity index (χ3n) is 2.40. The van der Waals surface area contributed by atoms with Gasteiger partial charge in [0.2, 0.25) is 0 Å². The van der Waals surface area contributed by atoms with E-state index < -0.39 is 0 Å². The van der Waals surface area contributed by atoms with Crippen LogP contribution < -0.4 is 11.2 Å². The minimum absolute atomic E-state index is 0.596. The number of imidazole rings is 1. The molecule has 0 atom stereocenters. The molecule has 0 amide bonds. The van der Waals surface area contributed by atoms with Crippen molar-refractivity contribution >= 4 is 22.7 Å². The molecule has 3 rings (SSSR count). The molecule has 0 bridgehead atoms. The quantitative estimate of drug-likeness (QED) is 0.643. The number of benzene rings is 1. The Kier molecular flexibility index (Phi) is 2.11. The lowest BCUT2D eigenvalue weighted by molar-refractivity contribution is 1.01. The summed E-state index contributed by atoms with van der Waals surface area (Å²) in [5, 5.41) is 3.18. The van der Waals surface area contributed by atoms with Gasteiger partial charge in [-0.05, 0) is 12.1 Å². The topological polar surface area (TPSA) is 81.7 Å². The molecular formula is C11H10N6. The lowest BCUT2D eigenvalue weighted by Gasteiger charge is -2.04. The Hall–Kier alpha value is -2.63. The molecule has 0 aliphatic carbocycles. The zero-order chi connectivity index (χ0) is 11.7. The van der Waals surface area contributed by atoms with Gasteiger partial charge in [-0.25, -0.2) is 19.6 Å². The van der Waals surface area contributed by atoms with Crippen LogP contribution in [0.1, 0.15) is 0 Å². The van der Waals surface area contributed by atoms with Gasteiger partial charge in [-0.3, -0.25) is 0 Å². The third-order valence-corrected chi connectivity index (χ3v) is 2.40. The van der Waals surface area contributed by atoms with Crippen LogP contribution in [0.15, 0.2) is 43.0 Å². The van der Waals surface area contributed by atoms with Crippen LogP contribution in [-0.2, 0) is 0 Å². The van der Waals surface area contributed by atoms with Gasteiger partial charge >= 0.3 is 0 Å². The summed E-state index contributed by atoms with van der Waals surface area (Å²) in [7, 11) is 0. The number of nitrogens with two attached hydrogens (primary N) is 1. The normalized spacial score (nSPS) is 10.6. The molecule has 0 aliphatic heterocycles. The van der Waals surface area contributed by atoms with Crippen LogP contribution in [0.5, 0.6) is 0 Å². The molecule has 2 heterocycles. The summed E-state index contributed by atoms with van der Waals surface area (Å²) in [6.07, 6.45) is 2.97. The Morgan fingerprint density at radius 3 is 2.71 bits per heavy atom. The molecule has 0 saturated carbocycles. The Balaban J connectivity index is 2.06. The highest BCUT2D eigenvalue weighted by Gasteiger charge is 2.08. The molecule has 1 aromatic carbocycles. The zero-order valence-electron chi connectivity index (χ0n) is 8.91. The molecule has 0 aliphatic rings. The van der Waals surface area contributed by atoms with E-state index in [0.29, 0.717) is 17.0 Å². The van der Waals surface area contributed by atoms with Gasteiger partial charge in [0, 0.05) is 5.69 Å². The second-order valence-electron chi connectivity index (χ2n) is 3.54. The molecule has 0 unspecified atom stereocenters. The van der Waals surface area contributed by atoms with Gasteiger partial charge in [-0.2, -0.15) is 0 Å². The highest BCUT2D eigenvalue weighted by Crippen LogP contribution is 2.20. The number of aromatic nitrogens is 4. The number of nitrogens with zero attached hydrogens (tertiary/aromatic N) is 4. The molecule has 6 heteroatoms. The fourth-order valence-corrected chi connectivity index (χ4v) is 1.60. The molecular weight excluding hydrogens is 216 g/mol. The maximum atomic E-state index is 5.67. The first-order chi connectivity index (χ1) is 8.34. The largest absolute Gasteiger partial charge is 0.338 e. The SMILES string of the molecule is Nn1cnc2c(Nc3ccccc3)ncnc21. The van der Waals surface area contributed by atoms with Gasteiger partial charge in [0.15, 0.2) is 17.0 Å². The van der Waals surface area contributed by atoms with Crippen molar-refractivity contribution in [1.29, 1.82) is 0 Å². The second-order valence-corrected chi connectivity index (χ2v) is 3.54. The van der Waals surface area contributed by atoms with E-state index in [9.17, 15) is 0 Å². The summed E-state index contributed by atoms with van der Waals surface area (Å²) in [6, 6.07) is 9.75. The minimum atomic E-state index is 0.596. The number of para-hydroxylation sites is 1. The minimum Gasteiger partial charge on any atom is -0.338 e. The van der Waals surface area contributed by atoms with Crippen molar-refractivity contribution in [3.63, 3.8) is 0 Å². The first-order valence-electron chi connectivity index (χ1n) is 5.10. The van der Waals surface area contributed by atoms with Crippen molar-refractivity contribution in [3.8, 4) is 0 Å². The molecule has 17 heavy (non-hydrogen) atoms. The fraction of sp³-hybridized carbons (Fsp3) is 0. The maximum absolute atomic E-state index is 5.67. The number of anilines is 2. The van der Waals surface area contributed by atoms with E-state index in [1.165, 1.54) is 17.3 Å². The average Bonchev–Trinajstić information content (AvgIpc) is 2.74. The van der Waals surface area contributed by atoms with Gasteiger partial charge in [0.05, 0.1) is 0 Å². The standard InChI is InChI=1S/C11H10N6/c12-17-7-15-9-10(13-6-14-11(9)17)16-8-4-2-1-3-5-8/h1-7H,12H2,(H,13,14,16). The Labute approximate surface area is 97.1 Å². The van der Waals surface area contributed by atoms with Crippen LogP contribution in [0.2, 0.25) is 0 Å². The van der Waals surface area contributed by atoms with E-state index >= 15 is 0 Å². The van der Waals surface area contributed by atoms with Gasteiger partial charge in [-0.15, -0.1) is 0 Å². The predicted octanol–water partition coefficient (Wildman–Crippen LogP) is 1.28. The van der Waals surface area contributed by atoms with Crippen LogP contribution in [0.3, 0.4) is 0 Å². The summed E-state index contributed by atoms with van der Waals surface area (Å²) in [6.45, 7) is 0. The van der Waals surface area contributed by atoms with Crippen molar-refractivity contribution in [1.82, 2.24) is 19.6 Å². The van der Waals surface area contributed by atoms with Crippen LogP contribution in [0.25, 0.3) is 11.2 Å². The lowest BCUT2D eigenvalue weighted by Crippen LogP contribution is -2.06. The van der Waals surface area contributed by atoms with Crippen LogP contribution in [0, 0.1) is 0 Å². The number of nitrogen functional groups attached to an aromatic ring is 1. The number of hydrogen-bond donors (Lipinski definition) is 2. The number of hydrogen-bond acceptors (Lipinski definition) is 5. The third kappa shape index (κ3) is 1.65. The summed E-state index contributed by atoms with van der Waals surface area (Å²) in [5.41, 5.74) is 2.19. The van der Waals surface area contributed by atoms with E-state index in [0.717, 1.165) is 5.69 Å². The first-order valence-corrected chi connectivity index (χ1v) is 5.10. The molecule has 0 spiro atoms. The predicted molar refractivity (Wildman–Crippen MR) is 65.2 cm³/mol. The number of rotatable bonds is 2. The van der Waals surface area contributed by atoms with Crippen molar-refractivity contribution in [2.45, 2.75) is 0 Å². The summed E-state index contributed by atoms with van der Waals surface area (Å²) in [5.74, 6) is 6.32.